The van der Waals surface area contributed by atoms with E-state index >= 15 is 0 Å². The van der Waals surface area contributed by atoms with Gasteiger partial charge in [0.1, 0.15) is 12.2 Å². The number of ketones is 1. The smallest absolute Gasteiger partial charge is 0.338 e. The largest absolute Gasteiger partial charge is 0.463 e. The summed E-state index contributed by atoms with van der Waals surface area (Å²) in [4.78, 5) is 36.6. The molecule has 0 heterocycles. The van der Waals surface area contributed by atoms with Gasteiger partial charge in [0.05, 0.1) is 5.56 Å². The number of benzene rings is 1. The summed E-state index contributed by atoms with van der Waals surface area (Å²) in [6, 6.07) is 8.99. The lowest BCUT2D eigenvalue weighted by Gasteiger charge is -2.22. The molecule has 0 amide bonds. The summed E-state index contributed by atoms with van der Waals surface area (Å²) in [5, 5.41) is 0. The number of hydrogen-bond donors (Lipinski definition) is 0. The highest BCUT2D eigenvalue weighted by atomic mass is 16.5. The Kier molecular flexibility index (Phi) is 8.05. The SMILES string of the molecule is CCCC[C@H](C)C(=O)/C=C/C1C(OC(=O)c2ccccc2)C[C@H]2CC(OC(C)=O)C[C@@H]12. The van der Waals surface area contributed by atoms with Gasteiger partial charge in [-0.25, -0.2) is 4.79 Å². The molecule has 5 heteroatoms. The zero-order valence-electron chi connectivity index (χ0n) is 18.8. The van der Waals surface area contributed by atoms with Gasteiger partial charge in [0.15, 0.2) is 5.78 Å². The van der Waals surface area contributed by atoms with Gasteiger partial charge in [-0.3, -0.25) is 9.59 Å². The van der Waals surface area contributed by atoms with Crippen LogP contribution in [0.2, 0.25) is 0 Å². The molecule has 2 saturated carbocycles. The van der Waals surface area contributed by atoms with Crippen LogP contribution in [0.5, 0.6) is 0 Å². The molecule has 1 aromatic rings. The van der Waals surface area contributed by atoms with Crippen molar-refractivity contribution in [3.63, 3.8) is 0 Å². The molecular formula is C26H34O5. The van der Waals surface area contributed by atoms with Gasteiger partial charge in [0, 0.05) is 18.8 Å². The van der Waals surface area contributed by atoms with Crippen molar-refractivity contribution in [1.29, 1.82) is 0 Å². The summed E-state index contributed by atoms with van der Waals surface area (Å²) >= 11 is 0. The maximum absolute atomic E-state index is 12.7. The third-order valence-electron chi connectivity index (χ3n) is 6.72. The number of allylic oxidation sites excluding steroid dienone is 1. The summed E-state index contributed by atoms with van der Waals surface area (Å²) < 4.78 is 11.4. The molecule has 1 aromatic carbocycles. The molecular weight excluding hydrogens is 392 g/mol. The lowest BCUT2D eigenvalue weighted by molar-refractivity contribution is -0.146. The highest BCUT2D eigenvalue weighted by molar-refractivity contribution is 5.91. The van der Waals surface area contributed by atoms with E-state index in [2.05, 4.69) is 6.92 Å². The fourth-order valence-electron chi connectivity index (χ4n) is 5.11. The summed E-state index contributed by atoms with van der Waals surface area (Å²) in [5.41, 5.74) is 0.532. The first kappa shape index (κ1) is 23.2. The number of esters is 2. The van der Waals surface area contributed by atoms with Crippen LogP contribution >= 0.6 is 0 Å². The lowest BCUT2D eigenvalue weighted by atomic mass is 9.89. The number of hydrogen-bond acceptors (Lipinski definition) is 5. The molecule has 2 aliphatic carbocycles. The van der Waals surface area contributed by atoms with Gasteiger partial charge in [-0.05, 0) is 55.7 Å². The van der Waals surface area contributed by atoms with E-state index in [0.717, 1.165) is 38.5 Å². The molecule has 31 heavy (non-hydrogen) atoms. The number of ether oxygens (including phenoxy) is 2. The Morgan fingerprint density at radius 3 is 2.52 bits per heavy atom. The zero-order valence-corrected chi connectivity index (χ0v) is 18.8. The molecule has 6 atom stereocenters. The van der Waals surface area contributed by atoms with E-state index in [1.807, 2.05) is 31.2 Å². The first-order chi connectivity index (χ1) is 14.9. The molecule has 3 unspecified atom stereocenters. The summed E-state index contributed by atoms with van der Waals surface area (Å²) in [6.07, 6.45) is 8.55. The van der Waals surface area contributed by atoms with Gasteiger partial charge in [0.25, 0.3) is 0 Å². The van der Waals surface area contributed by atoms with Gasteiger partial charge >= 0.3 is 11.9 Å². The predicted octanol–water partition coefficient (Wildman–Crippen LogP) is 5.14. The third kappa shape index (κ3) is 6.05. The summed E-state index contributed by atoms with van der Waals surface area (Å²) in [7, 11) is 0. The molecule has 5 nitrogen and oxygen atoms in total. The van der Waals surface area contributed by atoms with Crippen LogP contribution < -0.4 is 0 Å². The van der Waals surface area contributed by atoms with Gasteiger partial charge in [-0.2, -0.15) is 0 Å². The average Bonchev–Trinajstić information content (AvgIpc) is 3.27. The molecule has 2 fully saturated rings. The van der Waals surface area contributed by atoms with Crippen molar-refractivity contribution in [2.45, 2.75) is 71.5 Å². The Morgan fingerprint density at radius 1 is 1.10 bits per heavy atom. The highest BCUT2D eigenvalue weighted by Gasteiger charge is 2.50. The lowest BCUT2D eigenvalue weighted by Crippen LogP contribution is -2.26. The van der Waals surface area contributed by atoms with Crippen molar-refractivity contribution < 1.29 is 23.9 Å². The molecule has 0 bridgehead atoms. The van der Waals surface area contributed by atoms with Gasteiger partial charge in [0.2, 0.25) is 0 Å². The molecule has 0 radical (unpaired) electrons. The van der Waals surface area contributed by atoms with Crippen LogP contribution in [0.15, 0.2) is 42.5 Å². The second kappa shape index (κ2) is 10.7. The van der Waals surface area contributed by atoms with Gasteiger partial charge in [-0.15, -0.1) is 0 Å². The average molecular weight is 427 g/mol. The Bertz CT molecular complexity index is 799. The molecule has 3 rings (SSSR count). The van der Waals surface area contributed by atoms with E-state index in [-0.39, 0.29) is 47.7 Å². The minimum Gasteiger partial charge on any atom is -0.463 e. The van der Waals surface area contributed by atoms with Crippen LogP contribution in [0.4, 0.5) is 0 Å². The maximum Gasteiger partial charge on any atom is 0.338 e. The molecule has 0 aliphatic heterocycles. The molecule has 0 saturated heterocycles. The van der Waals surface area contributed by atoms with Crippen LogP contribution in [-0.2, 0) is 19.1 Å². The standard InChI is InChI=1S/C26H34O5/c1-4-5-9-17(2)24(28)13-12-22-23-16-21(30-18(3)27)14-20(23)15-25(22)31-26(29)19-10-7-6-8-11-19/h6-8,10-13,17,20-23,25H,4-5,9,14-16H2,1-3H3/b13-12+/t17-,20+,21?,22?,23+,25?/m0/s1. The van der Waals surface area contributed by atoms with E-state index in [1.165, 1.54) is 6.92 Å². The van der Waals surface area contributed by atoms with Crippen LogP contribution in [0.1, 0.15) is 69.7 Å². The minimum atomic E-state index is -0.330. The first-order valence-electron chi connectivity index (χ1n) is 11.5. The highest BCUT2D eigenvalue weighted by Crippen LogP contribution is 2.50. The molecule has 0 N–H and O–H groups in total. The quantitative estimate of drug-likeness (QED) is 0.404. The molecule has 2 aliphatic rings. The van der Waals surface area contributed by atoms with Crippen LogP contribution in [0.25, 0.3) is 0 Å². The third-order valence-corrected chi connectivity index (χ3v) is 6.72. The minimum absolute atomic E-state index is 0.00362. The van der Waals surface area contributed by atoms with E-state index in [4.69, 9.17) is 9.47 Å². The molecule has 0 spiro atoms. The van der Waals surface area contributed by atoms with Crippen molar-refractivity contribution in [2.24, 2.45) is 23.7 Å². The van der Waals surface area contributed by atoms with Crippen molar-refractivity contribution in [1.82, 2.24) is 0 Å². The summed E-state index contributed by atoms with van der Waals surface area (Å²) in [5.74, 6) is 0.0523. The van der Waals surface area contributed by atoms with E-state index in [0.29, 0.717) is 11.5 Å². The monoisotopic (exact) mass is 426 g/mol. The number of unbranched alkanes of at least 4 members (excludes halogenated alkanes) is 1. The van der Waals surface area contributed by atoms with Crippen LogP contribution in [0, 0.1) is 23.7 Å². The Morgan fingerprint density at radius 2 is 1.84 bits per heavy atom. The Balaban J connectivity index is 1.72. The van der Waals surface area contributed by atoms with Crippen molar-refractivity contribution in [3.05, 3.63) is 48.0 Å². The number of rotatable bonds is 9. The van der Waals surface area contributed by atoms with E-state index in [1.54, 1.807) is 18.2 Å². The van der Waals surface area contributed by atoms with Crippen molar-refractivity contribution in [3.8, 4) is 0 Å². The van der Waals surface area contributed by atoms with Gasteiger partial charge in [-0.1, -0.05) is 51.0 Å². The summed E-state index contributed by atoms with van der Waals surface area (Å²) in [6.45, 7) is 5.53. The second-order valence-corrected chi connectivity index (χ2v) is 9.05. The number of fused-ring (bicyclic) bond motifs is 1. The molecule has 0 aromatic heterocycles. The second-order valence-electron chi connectivity index (χ2n) is 9.05. The maximum atomic E-state index is 12.7. The van der Waals surface area contributed by atoms with Crippen molar-refractivity contribution in [2.75, 3.05) is 0 Å². The van der Waals surface area contributed by atoms with Crippen molar-refractivity contribution >= 4 is 17.7 Å². The van der Waals surface area contributed by atoms with Crippen LogP contribution in [-0.4, -0.2) is 29.9 Å². The molecule has 168 valence electrons. The Labute approximate surface area is 185 Å². The number of carbonyl (C=O) groups excluding carboxylic acids is 3. The fourth-order valence-corrected chi connectivity index (χ4v) is 5.11. The van der Waals surface area contributed by atoms with Gasteiger partial charge < -0.3 is 9.47 Å². The van der Waals surface area contributed by atoms with E-state index in [9.17, 15) is 14.4 Å². The normalized spacial score (nSPS) is 28.3. The zero-order chi connectivity index (χ0) is 22.4. The first-order valence-corrected chi connectivity index (χ1v) is 11.5. The van der Waals surface area contributed by atoms with Crippen LogP contribution in [0.3, 0.4) is 0 Å². The number of carbonyl (C=O) groups is 3. The van der Waals surface area contributed by atoms with E-state index < -0.39 is 0 Å². The topological polar surface area (TPSA) is 69.7 Å². The fraction of sp³-hybridized carbons (Fsp3) is 0.577. The Hall–Kier alpha value is -2.43. The predicted molar refractivity (Wildman–Crippen MR) is 118 cm³/mol.